The molecule has 1 N–H and O–H groups in total. The first-order valence-corrected chi connectivity index (χ1v) is 4.67. The van der Waals surface area contributed by atoms with Crippen LogP contribution in [0.15, 0.2) is 12.7 Å². The lowest BCUT2D eigenvalue weighted by Gasteiger charge is -2.35. The molecule has 0 fully saturated rings. The lowest BCUT2D eigenvalue weighted by Crippen LogP contribution is -2.31. The van der Waals surface area contributed by atoms with Crippen molar-refractivity contribution in [1.82, 2.24) is 0 Å². The van der Waals surface area contributed by atoms with Crippen LogP contribution < -0.4 is 0 Å². The molecule has 0 aromatic carbocycles. The van der Waals surface area contributed by atoms with E-state index in [0.717, 1.165) is 6.42 Å². The van der Waals surface area contributed by atoms with Crippen molar-refractivity contribution >= 4 is 0 Å². The molecular weight excluding hydrogens is 160 g/mol. The highest BCUT2D eigenvalue weighted by atomic mass is 16.3. The minimum absolute atomic E-state index is 0. The predicted octanol–water partition coefficient (Wildman–Crippen LogP) is 3.49. The SMILES string of the molecule is C.C=CC[C@@H](C(C)C)C(C)(C)CO. The van der Waals surface area contributed by atoms with Crippen LogP contribution in [0.2, 0.25) is 0 Å². The number of hydrogen-bond donors (Lipinski definition) is 1. The van der Waals surface area contributed by atoms with Gasteiger partial charge in [0.25, 0.3) is 0 Å². The first-order valence-electron chi connectivity index (χ1n) is 4.67. The average Bonchev–Trinajstić information content (AvgIpc) is 1.99. The highest BCUT2D eigenvalue weighted by molar-refractivity contribution is 4.85. The zero-order valence-electron chi connectivity index (χ0n) is 8.80. The quantitative estimate of drug-likeness (QED) is 0.652. The van der Waals surface area contributed by atoms with Gasteiger partial charge >= 0.3 is 0 Å². The molecule has 0 bridgehead atoms. The van der Waals surface area contributed by atoms with Crippen LogP contribution in [0.1, 0.15) is 41.5 Å². The maximum Gasteiger partial charge on any atom is 0.0484 e. The molecule has 0 aromatic rings. The summed E-state index contributed by atoms with van der Waals surface area (Å²) in [4.78, 5) is 0. The molecule has 80 valence electrons. The number of rotatable bonds is 5. The monoisotopic (exact) mass is 186 g/mol. The highest BCUT2D eigenvalue weighted by Crippen LogP contribution is 2.34. The van der Waals surface area contributed by atoms with Crippen molar-refractivity contribution in [1.29, 1.82) is 0 Å². The minimum atomic E-state index is 0. The average molecular weight is 186 g/mol. The number of allylic oxidation sites excluding steroid dienone is 1. The van der Waals surface area contributed by atoms with Gasteiger partial charge in [0.1, 0.15) is 0 Å². The van der Waals surface area contributed by atoms with E-state index in [1.54, 1.807) is 0 Å². The van der Waals surface area contributed by atoms with Crippen LogP contribution in [0, 0.1) is 17.3 Å². The smallest absolute Gasteiger partial charge is 0.0484 e. The van der Waals surface area contributed by atoms with Crippen molar-refractivity contribution in [2.75, 3.05) is 6.61 Å². The standard InChI is InChI=1S/C11H22O.CH4/c1-6-7-10(9(2)3)11(4,5)8-12;/h6,9-10,12H,1,7-8H2,2-5H3;1H4/t10-;/m0./s1. The molecule has 0 aliphatic heterocycles. The van der Waals surface area contributed by atoms with Crippen LogP contribution in [0.25, 0.3) is 0 Å². The summed E-state index contributed by atoms with van der Waals surface area (Å²) in [5.41, 5.74) is 0.0162. The van der Waals surface area contributed by atoms with Crippen molar-refractivity contribution in [3.63, 3.8) is 0 Å². The van der Waals surface area contributed by atoms with E-state index in [1.807, 2.05) is 6.08 Å². The zero-order chi connectivity index (χ0) is 9.78. The van der Waals surface area contributed by atoms with E-state index in [-0.39, 0.29) is 19.4 Å². The molecular formula is C12H26O. The van der Waals surface area contributed by atoms with E-state index in [1.165, 1.54) is 0 Å². The zero-order valence-corrected chi connectivity index (χ0v) is 8.80. The Balaban J connectivity index is 0. The Labute approximate surface area is 83.9 Å². The summed E-state index contributed by atoms with van der Waals surface area (Å²) in [5.74, 6) is 1.13. The molecule has 1 heteroatoms. The summed E-state index contributed by atoms with van der Waals surface area (Å²) in [6.07, 6.45) is 2.94. The Morgan fingerprint density at radius 2 is 1.85 bits per heavy atom. The maximum atomic E-state index is 9.21. The number of aliphatic hydroxyl groups is 1. The van der Waals surface area contributed by atoms with Gasteiger partial charge in [0.2, 0.25) is 0 Å². The molecule has 0 rings (SSSR count). The Kier molecular flexibility index (Phi) is 7.24. The first kappa shape index (κ1) is 15.2. The molecule has 1 nitrogen and oxygen atoms in total. The topological polar surface area (TPSA) is 20.2 Å². The summed E-state index contributed by atoms with van der Waals surface area (Å²) < 4.78 is 0. The minimum Gasteiger partial charge on any atom is -0.396 e. The van der Waals surface area contributed by atoms with Gasteiger partial charge < -0.3 is 5.11 Å². The Hall–Kier alpha value is -0.300. The largest absolute Gasteiger partial charge is 0.396 e. The normalized spacial score (nSPS) is 13.7. The second-order valence-electron chi connectivity index (χ2n) is 4.52. The molecule has 0 heterocycles. The highest BCUT2D eigenvalue weighted by Gasteiger charge is 2.29. The summed E-state index contributed by atoms with van der Waals surface area (Å²) in [5, 5.41) is 9.21. The van der Waals surface area contributed by atoms with Gasteiger partial charge in [-0.3, -0.25) is 0 Å². The van der Waals surface area contributed by atoms with Gasteiger partial charge in [-0.2, -0.15) is 0 Å². The van der Waals surface area contributed by atoms with E-state index in [4.69, 9.17) is 0 Å². The number of hydrogen-bond acceptors (Lipinski definition) is 1. The van der Waals surface area contributed by atoms with Crippen molar-refractivity contribution in [3.8, 4) is 0 Å². The van der Waals surface area contributed by atoms with Crippen molar-refractivity contribution in [2.45, 2.75) is 41.5 Å². The van der Waals surface area contributed by atoms with Gasteiger partial charge in [-0.1, -0.05) is 41.2 Å². The molecule has 0 aromatic heterocycles. The molecule has 0 radical (unpaired) electrons. The van der Waals surface area contributed by atoms with Gasteiger partial charge in [-0.15, -0.1) is 6.58 Å². The summed E-state index contributed by atoms with van der Waals surface area (Å²) in [7, 11) is 0. The molecule has 13 heavy (non-hydrogen) atoms. The van der Waals surface area contributed by atoms with Gasteiger partial charge in [0.05, 0.1) is 0 Å². The third-order valence-corrected chi connectivity index (χ3v) is 2.64. The molecule has 1 atom stereocenters. The van der Waals surface area contributed by atoms with Gasteiger partial charge in [0.15, 0.2) is 0 Å². The predicted molar refractivity (Wildman–Crippen MR) is 60.7 cm³/mol. The lowest BCUT2D eigenvalue weighted by molar-refractivity contribution is 0.0711. The van der Waals surface area contributed by atoms with E-state index in [0.29, 0.717) is 11.8 Å². The summed E-state index contributed by atoms with van der Waals surface area (Å²) in [6, 6.07) is 0. The second kappa shape index (κ2) is 6.20. The van der Waals surface area contributed by atoms with Crippen molar-refractivity contribution in [2.24, 2.45) is 17.3 Å². The molecule has 0 saturated carbocycles. The molecule has 0 aliphatic carbocycles. The third-order valence-electron chi connectivity index (χ3n) is 2.64. The molecule has 0 amide bonds. The Morgan fingerprint density at radius 1 is 1.38 bits per heavy atom. The van der Waals surface area contributed by atoms with Crippen LogP contribution in [0.5, 0.6) is 0 Å². The van der Waals surface area contributed by atoms with Crippen LogP contribution in [0.3, 0.4) is 0 Å². The van der Waals surface area contributed by atoms with Crippen molar-refractivity contribution < 1.29 is 5.11 Å². The Bertz CT molecular complexity index is 136. The second-order valence-corrected chi connectivity index (χ2v) is 4.52. The third kappa shape index (κ3) is 4.47. The molecule has 0 unspecified atom stereocenters. The molecule has 0 aliphatic rings. The van der Waals surface area contributed by atoms with E-state index < -0.39 is 0 Å². The molecule has 0 saturated heterocycles. The van der Waals surface area contributed by atoms with Gasteiger partial charge in [-0.05, 0) is 23.7 Å². The van der Waals surface area contributed by atoms with Gasteiger partial charge in [-0.25, -0.2) is 0 Å². The van der Waals surface area contributed by atoms with E-state index >= 15 is 0 Å². The van der Waals surface area contributed by atoms with Crippen LogP contribution in [0.4, 0.5) is 0 Å². The van der Waals surface area contributed by atoms with Crippen LogP contribution in [-0.2, 0) is 0 Å². The Morgan fingerprint density at radius 3 is 2.08 bits per heavy atom. The first-order chi connectivity index (χ1) is 5.45. The fraction of sp³-hybridized carbons (Fsp3) is 0.833. The fourth-order valence-electron chi connectivity index (χ4n) is 1.79. The van der Waals surface area contributed by atoms with Gasteiger partial charge in [0, 0.05) is 6.61 Å². The van der Waals surface area contributed by atoms with Crippen molar-refractivity contribution in [3.05, 3.63) is 12.7 Å². The maximum absolute atomic E-state index is 9.21. The lowest BCUT2D eigenvalue weighted by atomic mass is 9.72. The van der Waals surface area contributed by atoms with E-state index in [9.17, 15) is 5.11 Å². The molecule has 0 spiro atoms. The summed E-state index contributed by atoms with van der Waals surface area (Å²) in [6.45, 7) is 12.6. The number of aliphatic hydroxyl groups excluding tert-OH is 1. The van der Waals surface area contributed by atoms with Crippen LogP contribution >= 0.6 is 0 Å². The van der Waals surface area contributed by atoms with Crippen LogP contribution in [-0.4, -0.2) is 11.7 Å². The fourth-order valence-corrected chi connectivity index (χ4v) is 1.79. The summed E-state index contributed by atoms with van der Waals surface area (Å²) >= 11 is 0. The van der Waals surface area contributed by atoms with E-state index in [2.05, 4.69) is 34.3 Å².